The molecule has 4 aliphatic rings. The van der Waals surface area contributed by atoms with E-state index in [9.17, 15) is 9.59 Å². The van der Waals surface area contributed by atoms with Crippen molar-refractivity contribution in [2.45, 2.75) is 75.4 Å². The molecule has 0 aromatic carbocycles. The lowest BCUT2D eigenvalue weighted by Gasteiger charge is -2.27. The molecule has 0 atom stereocenters. The van der Waals surface area contributed by atoms with E-state index in [0.717, 1.165) is 64.2 Å². The van der Waals surface area contributed by atoms with Crippen molar-refractivity contribution in [1.82, 2.24) is 0 Å². The maximum absolute atomic E-state index is 12.3. The van der Waals surface area contributed by atoms with Crippen molar-refractivity contribution in [3.63, 3.8) is 0 Å². The number of carbonyl (C=O) groups excluding carboxylic acids is 2. The predicted molar refractivity (Wildman–Crippen MR) is 99.9 cm³/mol. The number of esters is 2. The number of rotatable bonds is 8. The largest absolute Gasteiger partial charge is 0.456 e. The zero-order valence-electron chi connectivity index (χ0n) is 16.1. The minimum atomic E-state index is -0.382. The molecule has 0 saturated heterocycles. The Hall–Kier alpha value is -1.62. The van der Waals surface area contributed by atoms with E-state index in [2.05, 4.69) is 13.2 Å². The van der Waals surface area contributed by atoms with E-state index < -0.39 is 0 Å². The summed E-state index contributed by atoms with van der Waals surface area (Å²) in [6.45, 7) is 7.65. The third-order valence-electron chi connectivity index (χ3n) is 7.10. The molecule has 4 fully saturated rings. The maximum atomic E-state index is 12.3. The van der Waals surface area contributed by atoms with Gasteiger partial charge in [0.15, 0.2) is 0 Å². The molecule has 0 radical (unpaired) electrons. The Balaban J connectivity index is 1.17. The molecule has 0 aliphatic heterocycles. The van der Waals surface area contributed by atoms with Gasteiger partial charge >= 0.3 is 11.9 Å². The molecule has 5 heteroatoms. The number of fused-ring (bicyclic) bond motifs is 4. The second-order valence-corrected chi connectivity index (χ2v) is 9.14. The summed E-state index contributed by atoms with van der Waals surface area (Å²) in [6.07, 6.45) is 10.4. The van der Waals surface area contributed by atoms with Crippen molar-refractivity contribution < 1.29 is 23.8 Å². The van der Waals surface area contributed by atoms with E-state index in [-0.39, 0.29) is 47.5 Å². The lowest BCUT2D eigenvalue weighted by molar-refractivity contribution is -0.154. The highest BCUT2D eigenvalue weighted by molar-refractivity contribution is 5.89. The van der Waals surface area contributed by atoms with Gasteiger partial charge < -0.3 is 14.2 Å². The normalized spacial score (nSPS) is 36.0. The van der Waals surface area contributed by atoms with Gasteiger partial charge in [0.1, 0.15) is 11.2 Å². The fraction of sp³-hybridized carbons (Fsp3) is 0.727. The van der Waals surface area contributed by atoms with E-state index in [1.807, 2.05) is 0 Å². The zero-order valence-corrected chi connectivity index (χ0v) is 16.1. The van der Waals surface area contributed by atoms with Gasteiger partial charge in [-0.3, -0.25) is 0 Å². The van der Waals surface area contributed by atoms with Crippen LogP contribution in [0.4, 0.5) is 0 Å². The molecule has 0 N–H and O–H groups in total. The molecule has 4 saturated carbocycles. The lowest BCUT2D eigenvalue weighted by atomic mass is 9.97. The van der Waals surface area contributed by atoms with Gasteiger partial charge in [-0.25, -0.2) is 9.59 Å². The lowest BCUT2D eigenvalue weighted by Crippen LogP contribution is -2.32. The maximum Gasteiger partial charge on any atom is 0.336 e. The summed E-state index contributed by atoms with van der Waals surface area (Å²) in [7, 11) is 0. The third-order valence-corrected chi connectivity index (χ3v) is 7.10. The van der Waals surface area contributed by atoms with Crippen molar-refractivity contribution in [2.75, 3.05) is 13.2 Å². The summed E-state index contributed by atoms with van der Waals surface area (Å²) in [5, 5.41) is 0. The number of hydrogen-bond acceptors (Lipinski definition) is 5. The van der Waals surface area contributed by atoms with Gasteiger partial charge in [-0.15, -0.1) is 0 Å². The van der Waals surface area contributed by atoms with E-state index in [4.69, 9.17) is 14.2 Å². The molecule has 5 nitrogen and oxygen atoms in total. The fourth-order valence-corrected chi connectivity index (χ4v) is 5.52. The van der Waals surface area contributed by atoms with Gasteiger partial charge in [0.05, 0.1) is 24.4 Å². The Bertz CT molecular complexity index is 592. The molecule has 0 heterocycles. The first-order chi connectivity index (χ1) is 12.9. The minimum Gasteiger partial charge on any atom is -0.456 e. The van der Waals surface area contributed by atoms with Crippen LogP contribution in [0.15, 0.2) is 24.3 Å². The van der Waals surface area contributed by atoms with Crippen LogP contribution >= 0.6 is 0 Å². The smallest absolute Gasteiger partial charge is 0.336 e. The molecule has 148 valence electrons. The average Bonchev–Trinajstić information content (AvgIpc) is 3.41. The van der Waals surface area contributed by atoms with Gasteiger partial charge in [-0.2, -0.15) is 0 Å². The number of ether oxygens (including phenoxy) is 3. The van der Waals surface area contributed by atoms with Crippen molar-refractivity contribution in [3.05, 3.63) is 24.3 Å². The second-order valence-electron chi connectivity index (χ2n) is 9.14. The van der Waals surface area contributed by atoms with E-state index >= 15 is 0 Å². The third kappa shape index (κ3) is 3.84. The monoisotopic (exact) mass is 374 g/mol. The van der Waals surface area contributed by atoms with Crippen LogP contribution in [0.5, 0.6) is 0 Å². The van der Waals surface area contributed by atoms with Crippen LogP contribution in [0.2, 0.25) is 0 Å². The molecule has 4 rings (SSSR count). The highest BCUT2D eigenvalue weighted by atomic mass is 16.6. The topological polar surface area (TPSA) is 61.8 Å². The first-order valence-electron chi connectivity index (χ1n) is 10.3. The number of carbonyl (C=O) groups is 2. The van der Waals surface area contributed by atoms with Crippen LogP contribution in [-0.4, -0.2) is 36.4 Å². The molecule has 0 unspecified atom stereocenters. The molecule has 0 amide bonds. The fourth-order valence-electron chi connectivity index (χ4n) is 5.52. The van der Waals surface area contributed by atoms with Gasteiger partial charge in [0.2, 0.25) is 0 Å². The molecular weight excluding hydrogens is 344 g/mol. The predicted octanol–water partition coefficient (Wildman–Crippen LogP) is 3.87. The standard InChI is InChI=1S/C22H30O5/c1-15(19(23)26-21-7-3-17(11-21)4-8-21)13-25-14-16(2)20(24)27-22-9-5-18(12-22)6-10-22/h17-18H,1-14H2. The van der Waals surface area contributed by atoms with Gasteiger partial charge in [-0.1, -0.05) is 13.2 Å². The first kappa shape index (κ1) is 18.7. The summed E-state index contributed by atoms with van der Waals surface area (Å²) < 4.78 is 17.0. The van der Waals surface area contributed by atoms with Gasteiger partial charge in [0.25, 0.3) is 0 Å². The Morgan fingerprint density at radius 3 is 1.41 bits per heavy atom. The Morgan fingerprint density at radius 1 is 0.741 bits per heavy atom. The van der Waals surface area contributed by atoms with Crippen LogP contribution in [0, 0.1) is 11.8 Å². The van der Waals surface area contributed by atoms with Gasteiger partial charge in [-0.05, 0) is 76.0 Å². The van der Waals surface area contributed by atoms with E-state index in [1.54, 1.807) is 0 Å². The van der Waals surface area contributed by atoms with Crippen LogP contribution < -0.4 is 0 Å². The Kier molecular flexibility index (Phi) is 4.91. The van der Waals surface area contributed by atoms with Crippen molar-refractivity contribution in [3.8, 4) is 0 Å². The zero-order chi connectivity index (χ0) is 19.1. The summed E-state index contributed by atoms with van der Waals surface area (Å²) in [5.74, 6) is 0.664. The van der Waals surface area contributed by atoms with Crippen LogP contribution in [0.25, 0.3) is 0 Å². The number of hydrogen-bond donors (Lipinski definition) is 0. The SMILES string of the molecule is C=C(COCC(=C)C(=O)OC12CCC(CC1)C2)C(=O)OC12CCC(CC1)C2. The van der Waals surface area contributed by atoms with Crippen molar-refractivity contribution in [1.29, 1.82) is 0 Å². The van der Waals surface area contributed by atoms with E-state index in [1.165, 1.54) is 0 Å². The molecule has 0 spiro atoms. The molecule has 0 aromatic rings. The van der Waals surface area contributed by atoms with Crippen molar-refractivity contribution in [2.24, 2.45) is 11.8 Å². The molecule has 27 heavy (non-hydrogen) atoms. The summed E-state index contributed by atoms with van der Waals surface area (Å²) in [5.41, 5.74) is 0.0400. The van der Waals surface area contributed by atoms with Crippen LogP contribution in [-0.2, 0) is 23.8 Å². The molecule has 0 aromatic heterocycles. The second kappa shape index (κ2) is 7.08. The quantitative estimate of drug-likeness (QED) is 0.477. The first-order valence-corrected chi connectivity index (χ1v) is 10.3. The summed E-state index contributed by atoms with van der Waals surface area (Å²) >= 11 is 0. The van der Waals surface area contributed by atoms with Crippen molar-refractivity contribution >= 4 is 11.9 Å². The summed E-state index contributed by atoms with van der Waals surface area (Å²) in [6, 6.07) is 0. The van der Waals surface area contributed by atoms with E-state index in [0.29, 0.717) is 11.8 Å². The highest BCUT2D eigenvalue weighted by Crippen LogP contribution is 2.51. The highest BCUT2D eigenvalue weighted by Gasteiger charge is 2.49. The minimum absolute atomic E-state index is 0.0395. The Labute approximate surface area is 161 Å². The Morgan fingerprint density at radius 2 is 1.11 bits per heavy atom. The van der Waals surface area contributed by atoms with Crippen LogP contribution in [0.1, 0.15) is 64.2 Å². The molecule has 4 aliphatic carbocycles. The van der Waals surface area contributed by atoms with Crippen LogP contribution in [0.3, 0.4) is 0 Å². The average molecular weight is 374 g/mol. The van der Waals surface area contributed by atoms with Gasteiger partial charge in [0, 0.05) is 0 Å². The summed E-state index contributed by atoms with van der Waals surface area (Å²) in [4.78, 5) is 24.6. The molecule has 4 bridgehead atoms. The molecular formula is C22H30O5.